The lowest BCUT2D eigenvalue weighted by Crippen LogP contribution is -2.31. The van der Waals surface area contributed by atoms with Gasteiger partial charge in [0.25, 0.3) is 0 Å². The molecule has 1 fully saturated rings. The van der Waals surface area contributed by atoms with Crippen molar-refractivity contribution >= 4 is 27.3 Å². The lowest BCUT2D eigenvalue weighted by atomic mass is 10.2. The number of thiazole rings is 1. The van der Waals surface area contributed by atoms with Crippen LogP contribution < -0.4 is 0 Å². The highest BCUT2D eigenvalue weighted by molar-refractivity contribution is 9.10. The molecule has 0 bridgehead atoms. The lowest BCUT2D eigenvalue weighted by Gasteiger charge is -2.21. The van der Waals surface area contributed by atoms with Gasteiger partial charge in [-0.05, 0) is 31.5 Å². The molecule has 0 unspecified atom stereocenters. The van der Waals surface area contributed by atoms with Crippen LogP contribution >= 0.6 is 27.3 Å². The van der Waals surface area contributed by atoms with E-state index in [2.05, 4.69) is 38.3 Å². The number of aliphatic hydroxyl groups excluding tert-OH is 1. The van der Waals surface area contributed by atoms with E-state index in [9.17, 15) is 5.11 Å². The molecular formula is C15H17BrN2OS. The topological polar surface area (TPSA) is 36.4 Å². The summed E-state index contributed by atoms with van der Waals surface area (Å²) in [5, 5.41) is 12.6. The van der Waals surface area contributed by atoms with Gasteiger partial charge in [-0.25, -0.2) is 4.98 Å². The molecule has 1 aromatic carbocycles. The molecule has 0 amide bonds. The monoisotopic (exact) mass is 352 g/mol. The quantitative estimate of drug-likeness (QED) is 0.914. The average molecular weight is 353 g/mol. The molecule has 1 aliphatic rings. The van der Waals surface area contributed by atoms with Crippen LogP contribution in [0.2, 0.25) is 0 Å². The van der Waals surface area contributed by atoms with E-state index < -0.39 is 0 Å². The first kappa shape index (κ1) is 14.2. The molecule has 1 atom stereocenters. The summed E-state index contributed by atoms with van der Waals surface area (Å²) in [7, 11) is 0. The number of hydrogen-bond acceptors (Lipinski definition) is 4. The average Bonchev–Trinajstić information content (AvgIpc) is 3.09. The first-order valence-corrected chi connectivity index (χ1v) is 8.49. The molecule has 0 radical (unpaired) electrons. The summed E-state index contributed by atoms with van der Waals surface area (Å²) in [4.78, 5) is 7.06. The number of likely N-dealkylation sites (tertiary alicyclic amines) is 1. The van der Waals surface area contributed by atoms with Crippen LogP contribution in [0, 0.1) is 0 Å². The molecule has 0 aliphatic carbocycles. The van der Waals surface area contributed by atoms with Crippen molar-refractivity contribution in [3.8, 4) is 10.6 Å². The third-order valence-corrected chi connectivity index (χ3v) is 5.19. The number of aliphatic hydroxyl groups is 1. The van der Waals surface area contributed by atoms with E-state index in [1.54, 1.807) is 11.3 Å². The van der Waals surface area contributed by atoms with Crippen molar-refractivity contribution in [2.24, 2.45) is 0 Å². The van der Waals surface area contributed by atoms with Gasteiger partial charge >= 0.3 is 0 Å². The number of rotatable bonds is 4. The van der Waals surface area contributed by atoms with E-state index in [1.165, 1.54) is 6.42 Å². The minimum atomic E-state index is 0.254. The van der Waals surface area contributed by atoms with Crippen molar-refractivity contribution in [3.05, 3.63) is 39.8 Å². The highest BCUT2D eigenvalue weighted by atomic mass is 79.9. The van der Waals surface area contributed by atoms with Crippen LogP contribution in [0.3, 0.4) is 0 Å². The molecule has 3 rings (SSSR count). The Bertz CT molecular complexity index is 570. The van der Waals surface area contributed by atoms with E-state index >= 15 is 0 Å². The lowest BCUT2D eigenvalue weighted by molar-refractivity contribution is 0.152. The summed E-state index contributed by atoms with van der Waals surface area (Å²) < 4.78 is 1.08. The summed E-state index contributed by atoms with van der Waals surface area (Å²) >= 11 is 5.13. The molecule has 1 aromatic heterocycles. The zero-order valence-electron chi connectivity index (χ0n) is 11.1. The molecular weight excluding hydrogens is 336 g/mol. The van der Waals surface area contributed by atoms with Gasteiger partial charge in [0.1, 0.15) is 5.01 Å². The molecule has 0 saturated carbocycles. The molecule has 0 spiro atoms. The van der Waals surface area contributed by atoms with Crippen LogP contribution in [0.25, 0.3) is 10.6 Å². The van der Waals surface area contributed by atoms with Crippen molar-refractivity contribution in [2.45, 2.75) is 25.4 Å². The number of aromatic nitrogens is 1. The number of benzene rings is 1. The summed E-state index contributed by atoms with van der Waals surface area (Å²) in [6.45, 7) is 2.17. The third kappa shape index (κ3) is 3.11. The van der Waals surface area contributed by atoms with Gasteiger partial charge in [0.2, 0.25) is 0 Å². The van der Waals surface area contributed by atoms with E-state index in [4.69, 9.17) is 4.98 Å². The molecule has 5 heteroatoms. The Labute approximate surface area is 131 Å². The zero-order valence-corrected chi connectivity index (χ0v) is 13.5. The molecule has 2 heterocycles. The van der Waals surface area contributed by atoms with Crippen LogP contribution in [0.1, 0.15) is 18.5 Å². The Balaban J connectivity index is 1.72. The van der Waals surface area contributed by atoms with E-state index in [0.717, 1.165) is 40.2 Å². The summed E-state index contributed by atoms with van der Waals surface area (Å²) in [5.74, 6) is 0. The van der Waals surface area contributed by atoms with Gasteiger partial charge in [-0.1, -0.05) is 28.1 Å². The fourth-order valence-electron chi connectivity index (χ4n) is 2.62. The van der Waals surface area contributed by atoms with Gasteiger partial charge in [0, 0.05) is 28.0 Å². The Kier molecular flexibility index (Phi) is 4.51. The number of nitrogens with zero attached hydrogens (tertiary/aromatic N) is 2. The molecule has 1 saturated heterocycles. The van der Waals surface area contributed by atoms with Crippen molar-refractivity contribution in [1.82, 2.24) is 9.88 Å². The van der Waals surface area contributed by atoms with Gasteiger partial charge < -0.3 is 5.11 Å². The van der Waals surface area contributed by atoms with Crippen molar-refractivity contribution in [1.29, 1.82) is 0 Å². The first-order valence-electron chi connectivity index (χ1n) is 6.81. The number of halogens is 1. The fraction of sp³-hybridized carbons (Fsp3) is 0.400. The fourth-order valence-corrected chi connectivity index (χ4v) is 3.70. The molecule has 1 N–H and O–H groups in total. The first-order chi connectivity index (χ1) is 9.76. The van der Waals surface area contributed by atoms with Crippen LogP contribution in [0.4, 0.5) is 0 Å². The smallest absolute Gasteiger partial charge is 0.123 e. The molecule has 2 aromatic rings. The largest absolute Gasteiger partial charge is 0.395 e. The van der Waals surface area contributed by atoms with E-state index in [0.29, 0.717) is 6.04 Å². The molecule has 20 heavy (non-hydrogen) atoms. The maximum Gasteiger partial charge on any atom is 0.123 e. The third-order valence-electron chi connectivity index (χ3n) is 3.72. The van der Waals surface area contributed by atoms with E-state index in [-0.39, 0.29) is 6.61 Å². The minimum absolute atomic E-state index is 0.254. The van der Waals surface area contributed by atoms with E-state index in [1.807, 2.05) is 12.1 Å². The summed E-state index contributed by atoms with van der Waals surface area (Å²) in [6, 6.07) is 8.56. The minimum Gasteiger partial charge on any atom is -0.395 e. The second kappa shape index (κ2) is 6.35. The Hall–Kier alpha value is -0.750. The Morgan fingerprint density at radius 2 is 2.15 bits per heavy atom. The van der Waals surface area contributed by atoms with Gasteiger partial charge in [0.15, 0.2) is 0 Å². The predicted octanol–water partition coefficient (Wildman–Crippen LogP) is 3.53. The second-order valence-electron chi connectivity index (χ2n) is 5.10. The van der Waals surface area contributed by atoms with Crippen LogP contribution in [-0.4, -0.2) is 34.2 Å². The summed E-state index contributed by atoms with van der Waals surface area (Å²) in [6.07, 6.45) is 2.27. The van der Waals surface area contributed by atoms with Crippen LogP contribution in [0.15, 0.2) is 34.1 Å². The van der Waals surface area contributed by atoms with Crippen LogP contribution in [0.5, 0.6) is 0 Å². The standard InChI is InChI=1S/C15H17BrN2OS/c16-12-5-3-11(4-6-12)15-17-13(10-20-15)8-18-7-1-2-14(18)9-19/h3-6,10,14,19H,1-2,7-9H2/t14-/m0/s1. The normalized spacial score (nSPS) is 19.6. The molecule has 106 valence electrons. The number of hydrogen-bond donors (Lipinski definition) is 1. The van der Waals surface area contributed by atoms with Crippen molar-refractivity contribution < 1.29 is 5.11 Å². The maximum absolute atomic E-state index is 9.36. The van der Waals surface area contributed by atoms with Gasteiger partial charge in [-0.2, -0.15) is 0 Å². The Morgan fingerprint density at radius 1 is 1.35 bits per heavy atom. The van der Waals surface area contributed by atoms with Crippen molar-refractivity contribution in [3.63, 3.8) is 0 Å². The molecule has 3 nitrogen and oxygen atoms in total. The molecule has 1 aliphatic heterocycles. The SMILES string of the molecule is OC[C@@H]1CCCN1Cc1csc(-c2ccc(Br)cc2)n1. The second-order valence-corrected chi connectivity index (χ2v) is 6.87. The highest BCUT2D eigenvalue weighted by Gasteiger charge is 2.24. The predicted molar refractivity (Wildman–Crippen MR) is 85.8 cm³/mol. The van der Waals surface area contributed by atoms with Gasteiger partial charge in [0.05, 0.1) is 12.3 Å². The van der Waals surface area contributed by atoms with Gasteiger partial charge in [-0.15, -0.1) is 11.3 Å². The summed E-state index contributed by atoms with van der Waals surface area (Å²) in [5.41, 5.74) is 2.26. The van der Waals surface area contributed by atoms with Gasteiger partial charge in [-0.3, -0.25) is 4.90 Å². The zero-order chi connectivity index (χ0) is 13.9. The highest BCUT2D eigenvalue weighted by Crippen LogP contribution is 2.27. The maximum atomic E-state index is 9.36. The van der Waals surface area contributed by atoms with Crippen LogP contribution in [-0.2, 0) is 6.54 Å². The Morgan fingerprint density at radius 3 is 2.90 bits per heavy atom. The van der Waals surface area contributed by atoms with Crippen molar-refractivity contribution in [2.75, 3.05) is 13.2 Å².